The van der Waals surface area contributed by atoms with Gasteiger partial charge in [0.15, 0.2) is 0 Å². The lowest BCUT2D eigenvalue weighted by molar-refractivity contribution is 0.384. The lowest BCUT2D eigenvalue weighted by atomic mass is 9.76. The van der Waals surface area contributed by atoms with Gasteiger partial charge >= 0.3 is 0 Å². The van der Waals surface area contributed by atoms with Gasteiger partial charge in [-0.05, 0) is 54.8 Å². The number of nitrogens with two attached hydrogens (primary N) is 1. The highest BCUT2D eigenvalue weighted by Gasteiger charge is 2.26. The smallest absolute Gasteiger partial charge is 0.122 e. The van der Waals surface area contributed by atoms with E-state index in [-0.39, 0.29) is 0 Å². The van der Waals surface area contributed by atoms with E-state index in [9.17, 15) is 0 Å². The molecule has 0 aliphatic heterocycles. The fraction of sp³-hybridized carbons (Fsp3) is 0.571. The van der Waals surface area contributed by atoms with Crippen molar-refractivity contribution in [3.63, 3.8) is 0 Å². The summed E-state index contributed by atoms with van der Waals surface area (Å²) in [6, 6.07) is 6.40. The Morgan fingerprint density at radius 3 is 3.00 bits per heavy atom. The quantitative estimate of drug-likeness (QED) is 0.848. The minimum atomic E-state index is 0.561. The summed E-state index contributed by atoms with van der Waals surface area (Å²) in [7, 11) is 1.76. The Kier molecular flexibility index (Phi) is 3.49. The molecule has 1 aromatic carbocycles. The molecule has 0 aromatic heterocycles. The molecule has 1 aromatic rings. The van der Waals surface area contributed by atoms with Crippen molar-refractivity contribution in [2.75, 3.05) is 13.7 Å². The SMILES string of the molecule is COc1cccc2c1CCCC2C(C)CN. The van der Waals surface area contributed by atoms with Crippen molar-refractivity contribution in [2.24, 2.45) is 11.7 Å². The number of fused-ring (bicyclic) bond motifs is 1. The third-order valence-corrected chi connectivity index (χ3v) is 3.79. The number of hydrogen-bond acceptors (Lipinski definition) is 2. The molecule has 16 heavy (non-hydrogen) atoms. The normalized spacial score (nSPS) is 21.3. The maximum Gasteiger partial charge on any atom is 0.122 e. The number of ether oxygens (including phenoxy) is 1. The first kappa shape index (κ1) is 11.5. The second kappa shape index (κ2) is 4.88. The zero-order chi connectivity index (χ0) is 11.5. The molecule has 2 rings (SSSR count). The van der Waals surface area contributed by atoms with E-state index in [2.05, 4.69) is 25.1 Å². The summed E-state index contributed by atoms with van der Waals surface area (Å²) in [4.78, 5) is 0. The van der Waals surface area contributed by atoms with Gasteiger partial charge in [-0.25, -0.2) is 0 Å². The van der Waals surface area contributed by atoms with Crippen LogP contribution in [0.25, 0.3) is 0 Å². The molecule has 0 spiro atoms. The Hall–Kier alpha value is -1.02. The summed E-state index contributed by atoms with van der Waals surface area (Å²) in [6.45, 7) is 3.01. The molecule has 2 unspecified atom stereocenters. The highest BCUT2D eigenvalue weighted by atomic mass is 16.5. The molecular weight excluding hydrogens is 198 g/mol. The van der Waals surface area contributed by atoms with Crippen LogP contribution in [0.5, 0.6) is 5.75 Å². The molecule has 2 heteroatoms. The number of rotatable bonds is 3. The van der Waals surface area contributed by atoms with Gasteiger partial charge in [0.05, 0.1) is 7.11 Å². The first-order valence-electron chi connectivity index (χ1n) is 6.13. The van der Waals surface area contributed by atoms with Gasteiger partial charge in [-0.1, -0.05) is 19.1 Å². The first-order chi connectivity index (χ1) is 7.77. The van der Waals surface area contributed by atoms with E-state index in [0.29, 0.717) is 11.8 Å². The van der Waals surface area contributed by atoms with Crippen LogP contribution in [0.15, 0.2) is 18.2 Å². The monoisotopic (exact) mass is 219 g/mol. The zero-order valence-corrected chi connectivity index (χ0v) is 10.2. The second-order valence-electron chi connectivity index (χ2n) is 4.74. The van der Waals surface area contributed by atoms with Crippen LogP contribution in [-0.2, 0) is 6.42 Å². The maximum atomic E-state index is 5.80. The molecule has 0 radical (unpaired) electrons. The van der Waals surface area contributed by atoms with Crippen molar-refractivity contribution in [2.45, 2.75) is 32.1 Å². The van der Waals surface area contributed by atoms with Crippen molar-refractivity contribution >= 4 is 0 Å². The summed E-state index contributed by atoms with van der Waals surface area (Å²) < 4.78 is 5.44. The Morgan fingerprint density at radius 2 is 2.31 bits per heavy atom. The van der Waals surface area contributed by atoms with E-state index in [1.54, 1.807) is 7.11 Å². The van der Waals surface area contributed by atoms with Crippen LogP contribution < -0.4 is 10.5 Å². The fourth-order valence-electron chi connectivity index (χ4n) is 2.80. The van der Waals surface area contributed by atoms with E-state index in [4.69, 9.17) is 10.5 Å². The van der Waals surface area contributed by atoms with Crippen LogP contribution in [0.2, 0.25) is 0 Å². The van der Waals surface area contributed by atoms with Gasteiger partial charge in [-0.2, -0.15) is 0 Å². The van der Waals surface area contributed by atoms with E-state index < -0.39 is 0 Å². The van der Waals surface area contributed by atoms with Gasteiger partial charge in [0.2, 0.25) is 0 Å². The van der Waals surface area contributed by atoms with Crippen LogP contribution in [0.1, 0.15) is 36.8 Å². The minimum Gasteiger partial charge on any atom is -0.496 e. The molecule has 0 amide bonds. The highest BCUT2D eigenvalue weighted by molar-refractivity contribution is 5.43. The largest absolute Gasteiger partial charge is 0.496 e. The second-order valence-corrected chi connectivity index (χ2v) is 4.74. The van der Waals surface area contributed by atoms with Crippen LogP contribution >= 0.6 is 0 Å². The Labute approximate surface area is 97.8 Å². The summed E-state index contributed by atoms with van der Waals surface area (Å²) in [5.41, 5.74) is 8.67. The number of methoxy groups -OCH3 is 1. The molecule has 0 saturated carbocycles. The molecule has 1 aliphatic rings. The van der Waals surface area contributed by atoms with Crippen molar-refractivity contribution in [3.05, 3.63) is 29.3 Å². The van der Waals surface area contributed by atoms with Crippen LogP contribution in [0, 0.1) is 5.92 Å². The summed E-state index contributed by atoms with van der Waals surface area (Å²) in [6.07, 6.45) is 3.66. The predicted molar refractivity (Wildman–Crippen MR) is 66.9 cm³/mol. The van der Waals surface area contributed by atoms with Gasteiger partial charge in [-0.3, -0.25) is 0 Å². The van der Waals surface area contributed by atoms with Gasteiger partial charge < -0.3 is 10.5 Å². The first-order valence-corrected chi connectivity index (χ1v) is 6.13. The van der Waals surface area contributed by atoms with Gasteiger partial charge in [0, 0.05) is 0 Å². The third kappa shape index (κ3) is 1.94. The average Bonchev–Trinajstić information content (AvgIpc) is 2.36. The topological polar surface area (TPSA) is 35.2 Å². The Morgan fingerprint density at radius 1 is 1.50 bits per heavy atom. The standard InChI is InChI=1S/C14H21NO/c1-10(9-15)11-5-3-7-13-12(11)6-4-8-14(13)16-2/h4,6,8,10-11H,3,5,7,9,15H2,1-2H3. The highest BCUT2D eigenvalue weighted by Crippen LogP contribution is 2.39. The lowest BCUT2D eigenvalue weighted by Crippen LogP contribution is -2.23. The van der Waals surface area contributed by atoms with E-state index >= 15 is 0 Å². The molecule has 0 bridgehead atoms. The number of hydrogen-bond donors (Lipinski definition) is 1. The van der Waals surface area contributed by atoms with Gasteiger partial charge in [0.1, 0.15) is 5.75 Å². The summed E-state index contributed by atoms with van der Waals surface area (Å²) in [5.74, 6) is 2.22. The predicted octanol–water partition coefficient (Wildman–Crippen LogP) is 2.71. The molecule has 2 N–H and O–H groups in total. The van der Waals surface area contributed by atoms with E-state index in [0.717, 1.165) is 18.7 Å². The van der Waals surface area contributed by atoms with Crippen molar-refractivity contribution in [1.29, 1.82) is 0 Å². The van der Waals surface area contributed by atoms with Crippen molar-refractivity contribution < 1.29 is 4.74 Å². The number of benzene rings is 1. The minimum absolute atomic E-state index is 0.561. The van der Waals surface area contributed by atoms with Crippen molar-refractivity contribution in [1.82, 2.24) is 0 Å². The molecule has 88 valence electrons. The third-order valence-electron chi connectivity index (χ3n) is 3.79. The maximum absolute atomic E-state index is 5.80. The lowest BCUT2D eigenvalue weighted by Gasteiger charge is -2.30. The Bertz CT molecular complexity index is 362. The molecule has 2 atom stereocenters. The summed E-state index contributed by atoms with van der Waals surface area (Å²) >= 11 is 0. The van der Waals surface area contributed by atoms with Crippen LogP contribution in [-0.4, -0.2) is 13.7 Å². The molecule has 1 aliphatic carbocycles. The molecule has 0 heterocycles. The van der Waals surface area contributed by atoms with Crippen molar-refractivity contribution in [3.8, 4) is 5.75 Å². The van der Waals surface area contributed by atoms with Crippen LogP contribution in [0.3, 0.4) is 0 Å². The van der Waals surface area contributed by atoms with Gasteiger partial charge in [0.25, 0.3) is 0 Å². The molecule has 0 saturated heterocycles. The fourth-order valence-corrected chi connectivity index (χ4v) is 2.80. The Balaban J connectivity index is 2.39. The molecule has 0 fully saturated rings. The van der Waals surface area contributed by atoms with E-state index in [1.807, 2.05) is 0 Å². The van der Waals surface area contributed by atoms with Crippen LogP contribution in [0.4, 0.5) is 0 Å². The molecule has 2 nitrogen and oxygen atoms in total. The molecular formula is C14H21NO. The van der Waals surface area contributed by atoms with E-state index in [1.165, 1.54) is 24.0 Å². The summed E-state index contributed by atoms with van der Waals surface area (Å²) in [5, 5.41) is 0. The average molecular weight is 219 g/mol. The van der Waals surface area contributed by atoms with Gasteiger partial charge in [-0.15, -0.1) is 0 Å². The zero-order valence-electron chi connectivity index (χ0n) is 10.2.